The molecule has 2 aromatic carbocycles. The van der Waals surface area contributed by atoms with Gasteiger partial charge < -0.3 is 9.84 Å². The minimum Gasteiger partial charge on any atom is -0.504 e. The molecule has 0 bridgehead atoms. The monoisotopic (exact) mass is 274 g/mol. The number of halogens is 1. The van der Waals surface area contributed by atoms with Crippen molar-refractivity contribution in [3.8, 4) is 11.5 Å². The Bertz CT molecular complexity index is 721. The van der Waals surface area contributed by atoms with Gasteiger partial charge in [0.05, 0.1) is 4.70 Å². The number of benzene rings is 2. The SMILES string of the molecule is Oc1ccccc1OCc1csc2c(F)cccc12. The van der Waals surface area contributed by atoms with Gasteiger partial charge in [0.1, 0.15) is 12.4 Å². The Balaban J connectivity index is 1.87. The fourth-order valence-corrected chi connectivity index (χ4v) is 2.88. The second-order valence-corrected chi connectivity index (χ2v) is 5.01. The Morgan fingerprint density at radius 3 is 2.79 bits per heavy atom. The highest BCUT2D eigenvalue weighted by Gasteiger charge is 2.09. The summed E-state index contributed by atoms with van der Waals surface area (Å²) in [5.74, 6) is 0.322. The van der Waals surface area contributed by atoms with E-state index in [1.807, 2.05) is 11.4 Å². The Morgan fingerprint density at radius 2 is 1.95 bits per heavy atom. The van der Waals surface area contributed by atoms with E-state index in [9.17, 15) is 9.50 Å². The van der Waals surface area contributed by atoms with Crippen LogP contribution in [0.2, 0.25) is 0 Å². The molecule has 0 saturated carbocycles. The molecular formula is C15H11FO2S. The second-order valence-electron chi connectivity index (χ2n) is 4.13. The van der Waals surface area contributed by atoms with Gasteiger partial charge in [0.25, 0.3) is 0 Å². The third kappa shape index (κ3) is 2.27. The molecule has 0 aliphatic heterocycles. The van der Waals surface area contributed by atoms with Crippen LogP contribution in [0.4, 0.5) is 4.39 Å². The number of ether oxygens (including phenoxy) is 1. The van der Waals surface area contributed by atoms with Crippen molar-refractivity contribution in [3.05, 3.63) is 59.2 Å². The van der Waals surface area contributed by atoms with E-state index in [0.29, 0.717) is 17.1 Å². The van der Waals surface area contributed by atoms with Gasteiger partial charge in [-0.25, -0.2) is 4.39 Å². The number of aromatic hydroxyl groups is 1. The standard InChI is InChI=1S/C15H11FO2S/c16-12-5-3-4-11-10(9-19-15(11)12)8-18-14-7-2-1-6-13(14)17/h1-7,9,17H,8H2. The number of para-hydroxylation sites is 2. The molecule has 0 atom stereocenters. The van der Waals surface area contributed by atoms with Crippen LogP contribution >= 0.6 is 11.3 Å². The average Bonchev–Trinajstić information content (AvgIpc) is 2.83. The molecule has 1 aromatic heterocycles. The van der Waals surface area contributed by atoms with Gasteiger partial charge in [0, 0.05) is 10.9 Å². The van der Waals surface area contributed by atoms with E-state index in [-0.39, 0.29) is 11.6 Å². The van der Waals surface area contributed by atoms with E-state index in [2.05, 4.69) is 0 Å². The largest absolute Gasteiger partial charge is 0.504 e. The van der Waals surface area contributed by atoms with E-state index in [4.69, 9.17) is 4.74 Å². The van der Waals surface area contributed by atoms with E-state index in [0.717, 1.165) is 10.9 Å². The zero-order valence-corrected chi connectivity index (χ0v) is 10.8. The molecule has 0 aliphatic rings. The number of hydrogen-bond acceptors (Lipinski definition) is 3. The molecule has 0 spiro atoms. The summed E-state index contributed by atoms with van der Waals surface area (Å²) in [5.41, 5.74) is 0.919. The first-order chi connectivity index (χ1) is 9.25. The lowest BCUT2D eigenvalue weighted by atomic mass is 10.2. The lowest BCUT2D eigenvalue weighted by Gasteiger charge is -2.07. The summed E-state index contributed by atoms with van der Waals surface area (Å²) >= 11 is 1.36. The average molecular weight is 274 g/mol. The summed E-state index contributed by atoms with van der Waals surface area (Å²) < 4.78 is 19.8. The molecule has 4 heteroatoms. The van der Waals surface area contributed by atoms with Crippen molar-refractivity contribution in [3.63, 3.8) is 0 Å². The number of fused-ring (bicyclic) bond motifs is 1. The highest BCUT2D eigenvalue weighted by molar-refractivity contribution is 7.17. The van der Waals surface area contributed by atoms with Crippen LogP contribution in [0, 0.1) is 5.82 Å². The molecule has 0 saturated heterocycles. The van der Waals surface area contributed by atoms with Gasteiger partial charge in [-0.3, -0.25) is 0 Å². The van der Waals surface area contributed by atoms with Crippen LogP contribution in [0.25, 0.3) is 10.1 Å². The lowest BCUT2D eigenvalue weighted by Crippen LogP contribution is -1.94. The van der Waals surface area contributed by atoms with E-state index in [1.54, 1.807) is 30.3 Å². The summed E-state index contributed by atoms with van der Waals surface area (Å²) in [5, 5.41) is 12.4. The summed E-state index contributed by atoms with van der Waals surface area (Å²) in [6.45, 7) is 0.307. The normalized spacial score (nSPS) is 10.8. The number of thiophene rings is 1. The number of hydrogen-bond donors (Lipinski definition) is 1. The van der Waals surface area contributed by atoms with Gasteiger partial charge in [-0.2, -0.15) is 0 Å². The third-order valence-electron chi connectivity index (χ3n) is 2.88. The topological polar surface area (TPSA) is 29.5 Å². The maximum absolute atomic E-state index is 13.6. The summed E-state index contributed by atoms with van der Waals surface area (Å²) in [4.78, 5) is 0. The van der Waals surface area contributed by atoms with Crippen molar-refractivity contribution >= 4 is 21.4 Å². The van der Waals surface area contributed by atoms with Crippen LogP contribution < -0.4 is 4.74 Å². The molecule has 3 rings (SSSR count). The van der Waals surface area contributed by atoms with E-state index in [1.165, 1.54) is 17.4 Å². The van der Waals surface area contributed by atoms with Gasteiger partial charge in [-0.05, 0) is 23.6 Å². The Morgan fingerprint density at radius 1 is 1.11 bits per heavy atom. The number of phenols is 1. The van der Waals surface area contributed by atoms with Gasteiger partial charge >= 0.3 is 0 Å². The number of phenolic OH excluding ortho intramolecular Hbond substituents is 1. The van der Waals surface area contributed by atoms with Crippen LogP contribution in [0.5, 0.6) is 11.5 Å². The summed E-state index contributed by atoms with van der Waals surface area (Å²) in [6, 6.07) is 11.8. The fourth-order valence-electron chi connectivity index (χ4n) is 1.92. The van der Waals surface area contributed by atoms with Crippen LogP contribution in [0.3, 0.4) is 0 Å². The van der Waals surface area contributed by atoms with Gasteiger partial charge in [0.2, 0.25) is 0 Å². The lowest BCUT2D eigenvalue weighted by molar-refractivity contribution is 0.290. The van der Waals surface area contributed by atoms with Crippen molar-refractivity contribution in [1.29, 1.82) is 0 Å². The first-order valence-corrected chi connectivity index (χ1v) is 6.69. The van der Waals surface area contributed by atoms with Crippen molar-refractivity contribution in [2.45, 2.75) is 6.61 Å². The highest BCUT2D eigenvalue weighted by atomic mass is 32.1. The molecule has 19 heavy (non-hydrogen) atoms. The molecule has 0 amide bonds. The molecule has 0 unspecified atom stereocenters. The van der Waals surface area contributed by atoms with Crippen LogP contribution in [-0.2, 0) is 6.61 Å². The van der Waals surface area contributed by atoms with Crippen molar-refractivity contribution < 1.29 is 14.2 Å². The Kier molecular flexibility index (Phi) is 3.09. The zero-order valence-electron chi connectivity index (χ0n) is 9.97. The van der Waals surface area contributed by atoms with Crippen molar-refractivity contribution in [2.75, 3.05) is 0 Å². The second kappa shape index (κ2) is 4.90. The maximum atomic E-state index is 13.6. The molecule has 0 fully saturated rings. The highest BCUT2D eigenvalue weighted by Crippen LogP contribution is 2.30. The van der Waals surface area contributed by atoms with Gasteiger partial charge in [-0.15, -0.1) is 11.3 Å². The zero-order chi connectivity index (χ0) is 13.2. The van der Waals surface area contributed by atoms with Crippen molar-refractivity contribution in [1.82, 2.24) is 0 Å². The van der Waals surface area contributed by atoms with Crippen LogP contribution in [0.15, 0.2) is 47.8 Å². The minimum absolute atomic E-state index is 0.105. The molecule has 0 radical (unpaired) electrons. The van der Waals surface area contributed by atoms with Gasteiger partial charge in [0.15, 0.2) is 11.5 Å². The number of rotatable bonds is 3. The molecule has 1 heterocycles. The Hall–Kier alpha value is -2.07. The van der Waals surface area contributed by atoms with Crippen LogP contribution in [-0.4, -0.2) is 5.11 Å². The Labute approximate surface area is 113 Å². The van der Waals surface area contributed by atoms with Gasteiger partial charge in [-0.1, -0.05) is 24.3 Å². The predicted molar refractivity (Wildman–Crippen MR) is 74.2 cm³/mol. The smallest absolute Gasteiger partial charge is 0.161 e. The predicted octanol–water partition coefficient (Wildman–Crippen LogP) is 4.33. The van der Waals surface area contributed by atoms with E-state index < -0.39 is 0 Å². The van der Waals surface area contributed by atoms with Crippen LogP contribution in [0.1, 0.15) is 5.56 Å². The molecule has 2 nitrogen and oxygen atoms in total. The summed E-state index contributed by atoms with van der Waals surface area (Å²) in [7, 11) is 0. The molecule has 0 aliphatic carbocycles. The molecule has 96 valence electrons. The summed E-state index contributed by atoms with van der Waals surface area (Å²) in [6.07, 6.45) is 0. The fraction of sp³-hybridized carbons (Fsp3) is 0.0667. The molecular weight excluding hydrogens is 263 g/mol. The molecule has 3 aromatic rings. The van der Waals surface area contributed by atoms with E-state index >= 15 is 0 Å². The molecule has 1 N–H and O–H groups in total. The maximum Gasteiger partial charge on any atom is 0.161 e. The first kappa shape index (κ1) is 12.0. The minimum atomic E-state index is -0.212. The third-order valence-corrected chi connectivity index (χ3v) is 3.93. The first-order valence-electron chi connectivity index (χ1n) is 5.81. The quantitative estimate of drug-likeness (QED) is 0.770. The van der Waals surface area contributed by atoms with Crippen molar-refractivity contribution in [2.24, 2.45) is 0 Å².